The maximum Gasteiger partial charge on any atom is 0.271 e. The van der Waals surface area contributed by atoms with Crippen molar-refractivity contribution in [1.82, 2.24) is 15.0 Å². The van der Waals surface area contributed by atoms with Crippen molar-refractivity contribution in [2.45, 2.75) is 19.4 Å². The number of pyridine rings is 1. The Kier molecular flexibility index (Phi) is 5.11. The van der Waals surface area contributed by atoms with Crippen LogP contribution in [0.1, 0.15) is 23.8 Å². The highest BCUT2D eigenvalue weighted by atomic mass is 16.1. The first kappa shape index (κ1) is 18.1. The molecule has 0 spiro atoms. The van der Waals surface area contributed by atoms with E-state index < -0.39 is 17.9 Å². The summed E-state index contributed by atoms with van der Waals surface area (Å²) in [6.07, 6.45) is 3.46. The second-order valence-electron chi connectivity index (χ2n) is 5.82. The van der Waals surface area contributed by atoms with Crippen LogP contribution in [-0.4, -0.2) is 32.8 Å². The van der Waals surface area contributed by atoms with Crippen molar-refractivity contribution in [2.75, 3.05) is 10.6 Å². The van der Waals surface area contributed by atoms with Gasteiger partial charge in [-0.3, -0.25) is 14.6 Å². The molecule has 3 aromatic rings. The molecule has 0 aliphatic carbocycles. The molecule has 2 aromatic heterocycles. The van der Waals surface area contributed by atoms with E-state index in [1.165, 1.54) is 6.20 Å². The van der Waals surface area contributed by atoms with Gasteiger partial charge in [-0.05, 0) is 18.6 Å². The lowest BCUT2D eigenvalue weighted by Gasteiger charge is -2.16. The Morgan fingerprint density at radius 1 is 1.15 bits per heavy atom. The van der Waals surface area contributed by atoms with Gasteiger partial charge in [0.05, 0.1) is 17.4 Å². The Morgan fingerprint density at radius 3 is 2.63 bits per heavy atom. The Labute approximate surface area is 155 Å². The summed E-state index contributed by atoms with van der Waals surface area (Å²) in [4.78, 5) is 35.9. The molecule has 138 valence electrons. The van der Waals surface area contributed by atoms with E-state index in [1.807, 2.05) is 31.2 Å². The van der Waals surface area contributed by atoms with Crippen molar-refractivity contribution >= 4 is 40.0 Å². The number of para-hydroxylation sites is 1. The van der Waals surface area contributed by atoms with Crippen molar-refractivity contribution in [3.05, 3.63) is 48.4 Å². The third-order valence-electron chi connectivity index (χ3n) is 3.98. The minimum atomic E-state index is -0.725. The van der Waals surface area contributed by atoms with Gasteiger partial charge in [-0.1, -0.05) is 25.1 Å². The topological polar surface area (TPSA) is 149 Å². The zero-order chi connectivity index (χ0) is 19.4. The van der Waals surface area contributed by atoms with Gasteiger partial charge in [0, 0.05) is 11.6 Å². The number of nitrogens with one attached hydrogen (secondary N) is 2. The normalized spacial score (nSPS) is 11.7. The number of rotatable bonds is 7. The maximum absolute atomic E-state index is 11.7. The molecule has 0 saturated carbocycles. The van der Waals surface area contributed by atoms with Gasteiger partial charge in [0.15, 0.2) is 11.5 Å². The third kappa shape index (κ3) is 3.92. The van der Waals surface area contributed by atoms with Gasteiger partial charge in [0.25, 0.3) is 5.91 Å². The monoisotopic (exact) mass is 365 g/mol. The number of hydrogen-bond donors (Lipinski definition) is 4. The van der Waals surface area contributed by atoms with Crippen molar-refractivity contribution in [2.24, 2.45) is 11.5 Å². The first-order chi connectivity index (χ1) is 13.0. The number of amides is 2. The number of nitrogens with two attached hydrogens (primary N) is 2. The molecule has 1 aromatic carbocycles. The predicted molar refractivity (Wildman–Crippen MR) is 102 cm³/mol. The summed E-state index contributed by atoms with van der Waals surface area (Å²) in [5, 5.41) is 6.84. The molecule has 9 heteroatoms. The summed E-state index contributed by atoms with van der Waals surface area (Å²) in [6.45, 7) is 1.82. The van der Waals surface area contributed by atoms with E-state index in [0.29, 0.717) is 17.9 Å². The SMILES string of the molecule is CC[C@@H](Nc1cnc(C(N)=O)c(Nc2ccnc3ccccc23)n1)C(N)=O. The molecular formula is C18H19N7O2. The molecule has 0 radical (unpaired) electrons. The molecule has 0 unspecified atom stereocenters. The van der Waals surface area contributed by atoms with E-state index in [-0.39, 0.29) is 11.5 Å². The summed E-state index contributed by atoms with van der Waals surface area (Å²) in [6, 6.07) is 8.68. The summed E-state index contributed by atoms with van der Waals surface area (Å²) in [5.74, 6) is -0.764. The van der Waals surface area contributed by atoms with E-state index in [0.717, 1.165) is 10.9 Å². The Morgan fingerprint density at radius 2 is 1.93 bits per heavy atom. The summed E-state index contributed by atoms with van der Waals surface area (Å²) >= 11 is 0. The van der Waals surface area contributed by atoms with E-state index in [2.05, 4.69) is 25.6 Å². The van der Waals surface area contributed by atoms with Gasteiger partial charge >= 0.3 is 0 Å². The molecule has 0 bridgehead atoms. The van der Waals surface area contributed by atoms with Gasteiger partial charge in [-0.25, -0.2) is 9.97 Å². The number of primary amides is 2. The van der Waals surface area contributed by atoms with E-state index in [1.54, 1.807) is 12.3 Å². The van der Waals surface area contributed by atoms with Crippen LogP contribution in [0.5, 0.6) is 0 Å². The van der Waals surface area contributed by atoms with Gasteiger partial charge in [-0.2, -0.15) is 0 Å². The van der Waals surface area contributed by atoms with Crippen LogP contribution in [0.15, 0.2) is 42.7 Å². The zero-order valence-corrected chi connectivity index (χ0v) is 14.6. The minimum absolute atomic E-state index is 0.0198. The second-order valence-corrected chi connectivity index (χ2v) is 5.82. The van der Waals surface area contributed by atoms with Crippen LogP contribution in [0.2, 0.25) is 0 Å². The number of aromatic nitrogens is 3. The fourth-order valence-electron chi connectivity index (χ4n) is 2.61. The molecule has 0 fully saturated rings. The van der Waals surface area contributed by atoms with E-state index in [9.17, 15) is 9.59 Å². The van der Waals surface area contributed by atoms with Crippen LogP contribution >= 0.6 is 0 Å². The number of carbonyl (C=O) groups is 2. The van der Waals surface area contributed by atoms with E-state index in [4.69, 9.17) is 11.5 Å². The van der Waals surface area contributed by atoms with Crippen molar-refractivity contribution < 1.29 is 9.59 Å². The first-order valence-corrected chi connectivity index (χ1v) is 8.33. The second kappa shape index (κ2) is 7.65. The molecule has 1 atom stereocenters. The van der Waals surface area contributed by atoms with Crippen LogP contribution in [-0.2, 0) is 4.79 Å². The molecule has 0 saturated heterocycles. The number of carbonyl (C=O) groups excluding carboxylic acids is 2. The van der Waals surface area contributed by atoms with Crippen LogP contribution in [0, 0.1) is 0 Å². The number of benzene rings is 1. The number of nitrogens with zero attached hydrogens (tertiary/aromatic N) is 3. The highest BCUT2D eigenvalue weighted by molar-refractivity contribution is 5.99. The van der Waals surface area contributed by atoms with Gasteiger partial charge in [0.1, 0.15) is 11.9 Å². The number of hydrogen-bond acceptors (Lipinski definition) is 7. The predicted octanol–water partition coefficient (Wildman–Crippen LogP) is 1.54. The Balaban J connectivity index is 2.00. The molecular weight excluding hydrogens is 346 g/mol. The highest BCUT2D eigenvalue weighted by Gasteiger charge is 2.17. The smallest absolute Gasteiger partial charge is 0.271 e. The van der Waals surface area contributed by atoms with Crippen molar-refractivity contribution in [1.29, 1.82) is 0 Å². The average molecular weight is 365 g/mol. The molecule has 2 heterocycles. The molecule has 27 heavy (non-hydrogen) atoms. The summed E-state index contributed by atoms with van der Waals surface area (Å²) < 4.78 is 0. The molecule has 0 aliphatic heterocycles. The lowest BCUT2D eigenvalue weighted by Crippen LogP contribution is -2.35. The van der Waals surface area contributed by atoms with Crippen LogP contribution in [0.3, 0.4) is 0 Å². The molecule has 6 N–H and O–H groups in total. The molecule has 0 aliphatic rings. The third-order valence-corrected chi connectivity index (χ3v) is 3.98. The lowest BCUT2D eigenvalue weighted by atomic mass is 10.2. The number of anilines is 3. The largest absolute Gasteiger partial charge is 0.368 e. The van der Waals surface area contributed by atoms with Crippen LogP contribution in [0.25, 0.3) is 10.9 Å². The zero-order valence-electron chi connectivity index (χ0n) is 14.6. The maximum atomic E-state index is 11.7. The summed E-state index contributed by atoms with van der Waals surface area (Å²) in [5.41, 5.74) is 12.2. The molecule has 2 amide bonds. The minimum Gasteiger partial charge on any atom is -0.368 e. The number of fused-ring (bicyclic) bond motifs is 1. The molecule has 9 nitrogen and oxygen atoms in total. The standard InChI is InChI=1S/C18H19N7O2/c1-2-11(16(19)26)23-14-9-22-15(17(20)27)18(25-14)24-13-7-8-21-12-6-4-3-5-10(12)13/h3-9,11H,2H2,1H3,(H2,19,26)(H2,20,27)(H2,21,23,24,25)/t11-/m1/s1. The Bertz CT molecular complexity index is 1000. The highest BCUT2D eigenvalue weighted by Crippen LogP contribution is 2.26. The van der Waals surface area contributed by atoms with Gasteiger partial charge < -0.3 is 22.1 Å². The van der Waals surface area contributed by atoms with Crippen molar-refractivity contribution in [3.8, 4) is 0 Å². The van der Waals surface area contributed by atoms with E-state index >= 15 is 0 Å². The molecule has 3 rings (SSSR count). The fraction of sp³-hybridized carbons (Fsp3) is 0.167. The quantitative estimate of drug-likeness (QED) is 0.496. The van der Waals surface area contributed by atoms with Crippen LogP contribution < -0.4 is 22.1 Å². The Hall–Kier alpha value is -3.75. The summed E-state index contributed by atoms with van der Waals surface area (Å²) in [7, 11) is 0. The fourth-order valence-corrected chi connectivity index (χ4v) is 2.61. The van der Waals surface area contributed by atoms with Gasteiger partial charge in [-0.15, -0.1) is 0 Å². The van der Waals surface area contributed by atoms with Crippen LogP contribution in [0.4, 0.5) is 17.3 Å². The van der Waals surface area contributed by atoms with Gasteiger partial charge in [0.2, 0.25) is 5.91 Å². The van der Waals surface area contributed by atoms with Crippen molar-refractivity contribution in [3.63, 3.8) is 0 Å². The lowest BCUT2D eigenvalue weighted by molar-refractivity contribution is -0.118. The average Bonchev–Trinajstić information content (AvgIpc) is 2.66. The first-order valence-electron chi connectivity index (χ1n) is 8.33.